The highest BCUT2D eigenvalue weighted by Gasteiger charge is 2.23. The van der Waals surface area contributed by atoms with Gasteiger partial charge in [-0.1, -0.05) is 54.6 Å². The van der Waals surface area contributed by atoms with E-state index in [-0.39, 0.29) is 0 Å². The lowest BCUT2D eigenvalue weighted by Gasteiger charge is -2.13. The van der Waals surface area contributed by atoms with Gasteiger partial charge in [0.1, 0.15) is 5.67 Å². The topological polar surface area (TPSA) is 0 Å². The van der Waals surface area contributed by atoms with E-state index >= 15 is 0 Å². The normalized spacial score (nSPS) is 21.1. The Morgan fingerprint density at radius 3 is 2.17 bits per heavy atom. The standard InChI is InChI=1S/C22H21F/c1-16-9-7-8-12-20(16)19-13-21(18-10-5-4-6-11-18)17(2)14-22(3,23)15-19/h4-15H,1-3H3. The van der Waals surface area contributed by atoms with Crippen LogP contribution in [-0.4, -0.2) is 5.67 Å². The summed E-state index contributed by atoms with van der Waals surface area (Å²) in [5.41, 5.74) is 4.83. The quantitative estimate of drug-likeness (QED) is 0.624. The molecular weight excluding hydrogens is 283 g/mol. The van der Waals surface area contributed by atoms with Crippen molar-refractivity contribution >= 4 is 11.1 Å². The van der Waals surface area contributed by atoms with Gasteiger partial charge >= 0.3 is 0 Å². The lowest BCUT2D eigenvalue weighted by Crippen LogP contribution is -2.10. The Labute approximate surface area is 137 Å². The van der Waals surface area contributed by atoms with Crippen LogP contribution in [0.25, 0.3) is 11.1 Å². The van der Waals surface area contributed by atoms with Crippen LogP contribution >= 0.6 is 0 Å². The van der Waals surface area contributed by atoms with Crippen molar-refractivity contribution in [2.45, 2.75) is 26.4 Å². The monoisotopic (exact) mass is 304 g/mol. The van der Waals surface area contributed by atoms with Gasteiger partial charge in [0.25, 0.3) is 0 Å². The van der Waals surface area contributed by atoms with E-state index < -0.39 is 5.67 Å². The molecule has 1 aliphatic rings. The van der Waals surface area contributed by atoms with E-state index in [0.29, 0.717) is 0 Å². The minimum atomic E-state index is -1.46. The maximum absolute atomic E-state index is 15.0. The van der Waals surface area contributed by atoms with Crippen molar-refractivity contribution in [3.63, 3.8) is 0 Å². The second kappa shape index (κ2) is 6.00. The number of allylic oxidation sites excluding steroid dienone is 6. The van der Waals surface area contributed by atoms with Crippen LogP contribution in [-0.2, 0) is 0 Å². The molecule has 23 heavy (non-hydrogen) atoms. The predicted octanol–water partition coefficient (Wildman–Crippen LogP) is 6.15. The molecule has 1 aliphatic carbocycles. The van der Waals surface area contributed by atoms with Gasteiger partial charge in [-0.25, -0.2) is 4.39 Å². The Hall–Kier alpha value is -2.41. The Bertz CT molecular complexity index is 805. The number of alkyl halides is 1. The predicted molar refractivity (Wildman–Crippen MR) is 96.8 cm³/mol. The molecule has 0 radical (unpaired) electrons. The summed E-state index contributed by atoms with van der Waals surface area (Å²) in [6.07, 6.45) is 5.53. The van der Waals surface area contributed by atoms with Gasteiger partial charge in [-0.3, -0.25) is 0 Å². The number of hydrogen-bond acceptors (Lipinski definition) is 0. The molecule has 0 saturated heterocycles. The summed E-state index contributed by atoms with van der Waals surface area (Å²) in [6.45, 7) is 5.65. The van der Waals surface area contributed by atoms with Crippen LogP contribution in [0.2, 0.25) is 0 Å². The SMILES string of the molecule is CC1=CC(C)(F)C=C(c2ccccc2C)C=C1c1ccccc1. The molecule has 0 N–H and O–H groups in total. The molecule has 2 aromatic carbocycles. The molecule has 1 heteroatoms. The summed E-state index contributed by atoms with van der Waals surface area (Å²) in [5.74, 6) is 0. The molecule has 1 unspecified atom stereocenters. The van der Waals surface area contributed by atoms with E-state index in [1.165, 1.54) is 0 Å². The first-order valence-electron chi connectivity index (χ1n) is 7.91. The molecule has 0 saturated carbocycles. The fraction of sp³-hybridized carbons (Fsp3) is 0.182. The molecule has 0 spiro atoms. The van der Waals surface area contributed by atoms with Gasteiger partial charge in [0.2, 0.25) is 0 Å². The van der Waals surface area contributed by atoms with Crippen molar-refractivity contribution in [1.29, 1.82) is 0 Å². The van der Waals surface area contributed by atoms with Crippen molar-refractivity contribution in [2.24, 2.45) is 0 Å². The summed E-state index contributed by atoms with van der Waals surface area (Å²) in [4.78, 5) is 0. The van der Waals surface area contributed by atoms with Crippen molar-refractivity contribution < 1.29 is 4.39 Å². The van der Waals surface area contributed by atoms with E-state index in [2.05, 4.69) is 37.3 Å². The summed E-state index contributed by atoms with van der Waals surface area (Å²) in [6, 6.07) is 18.3. The van der Waals surface area contributed by atoms with E-state index in [0.717, 1.165) is 33.4 Å². The molecule has 0 aromatic heterocycles. The highest BCUT2D eigenvalue weighted by atomic mass is 19.1. The maximum atomic E-state index is 15.0. The number of aryl methyl sites for hydroxylation is 1. The lowest BCUT2D eigenvalue weighted by atomic mass is 9.94. The molecule has 116 valence electrons. The van der Waals surface area contributed by atoms with Crippen molar-refractivity contribution in [2.75, 3.05) is 0 Å². The fourth-order valence-corrected chi connectivity index (χ4v) is 3.14. The summed E-state index contributed by atoms with van der Waals surface area (Å²) >= 11 is 0. The Morgan fingerprint density at radius 1 is 0.826 bits per heavy atom. The largest absolute Gasteiger partial charge is 0.235 e. The third-order valence-electron chi connectivity index (χ3n) is 4.20. The van der Waals surface area contributed by atoms with Crippen LogP contribution < -0.4 is 0 Å². The highest BCUT2D eigenvalue weighted by molar-refractivity contribution is 5.92. The average Bonchev–Trinajstić information content (AvgIpc) is 2.63. The summed E-state index contributed by atoms with van der Waals surface area (Å²) in [7, 11) is 0. The van der Waals surface area contributed by atoms with Crippen LogP contribution in [0.3, 0.4) is 0 Å². The number of rotatable bonds is 2. The molecule has 3 rings (SSSR count). The van der Waals surface area contributed by atoms with Gasteiger partial charge in [-0.15, -0.1) is 0 Å². The summed E-state index contributed by atoms with van der Waals surface area (Å²) in [5, 5.41) is 0. The number of benzene rings is 2. The molecule has 0 fully saturated rings. The van der Waals surface area contributed by atoms with Gasteiger partial charge in [-0.2, -0.15) is 0 Å². The third-order valence-corrected chi connectivity index (χ3v) is 4.20. The summed E-state index contributed by atoms with van der Waals surface area (Å²) < 4.78 is 15.0. The molecule has 2 aromatic rings. The van der Waals surface area contributed by atoms with Crippen LogP contribution in [0.4, 0.5) is 4.39 Å². The third kappa shape index (κ3) is 3.34. The first-order valence-corrected chi connectivity index (χ1v) is 7.91. The second-order valence-electron chi connectivity index (χ2n) is 6.32. The molecule has 1 atom stereocenters. The van der Waals surface area contributed by atoms with Crippen molar-refractivity contribution in [3.05, 3.63) is 95.1 Å². The zero-order valence-corrected chi connectivity index (χ0v) is 13.8. The Morgan fingerprint density at radius 2 is 1.48 bits per heavy atom. The average molecular weight is 304 g/mol. The Kier molecular flexibility index (Phi) is 4.04. The van der Waals surface area contributed by atoms with Gasteiger partial charge in [-0.05, 0) is 72.4 Å². The minimum absolute atomic E-state index is 0.931. The van der Waals surface area contributed by atoms with Crippen molar-refractivity contribution in [1.82, 2.24) is 0 Å². The smallest absolute Gasteiger partial charge is 0.146 e. The molecule has 0 bridgehead atoms. The first kappa shape index (κ1) is 15.5. The van der Waals surface area contributed by atoms with Crippen molar-refractivity contribution in [3.8, 4) is 0 Å². The van der Waals surface area contributed by atoms with Gasteiger partial charge in [0.15, 0.2) is 0 Å². The molecule has 0 aliphatic heterocycles. The minimum Gasteiger partial charge on any atom is -0.235 e. The molecule has 0 amide bonds. The van der Waals surface area contributed by atoms with Crippen LogP contribution in [0, 0.1) is 6.92 Å². The second-order valence-corrected chi connectivity index (χ2v) is 6.32. The Balaban J connectivity index is 2.20. The van der Waals surface area contributed by atoms with Crippen LogP contribution in [0.5, 0.6) is 0 Å². The zero-order chi connectivity index (χ0) is 16.4. The van der Waals surface area contributed by atoms with E-state index in [4.69, 9.17) is 0 Å². The highest BCUT2D eigenvalue weighted by Crippen LogP contribution is 2.36. The van der Waals surface area contributed by atoms with Crippen LogP contribution in [0.1, 0.15) is 30.5 Å². The van der Waals surface area contributed by atoms with E-state index in [1.807, 2.05) is 37.3 Å². The molecular formula is C22H21F. The van der Waals surface area contributed by atoms with E-state index in [9.17, 15) is 4.39 Å². The fourth-order valence-electron chi connectivity index (χ4n) is 3.14. The van der Waals surface area contributed by atoms with Gasteiger partial charge < -0.3 is 0 Å². The molecule has 0 nitrogen and oxygen atoms in total. The maximum Gasteiger partial charge on any atom is 0.146 e. The first-order chi connectivity index (χ1) is 11.0. The number of hydrogen-bond donors (Lipinski definition) is 0. The number of halogens is 1. The van der Waals surface area contributed by atoms with E-state index in [1.54, 1.807) is 19.1 Å². The lowest BCUT2D eigenvalue weighted by molar-refractivity contribution is 0.328. The zero-order valence-electron chi connectivity index (χ0n) is 13.8. The molecule has 0 heterocycles. The van der Waals surface area contributed by atoms with Gasteiger partial charge in [0, 0.05) is 0 Å². The van der Waals surface area contributed by atoms with Gasteiger partial charge in [0.05, 0.1) is 0 Å². The van der Waals surface area contributed by atoms with Crippen LogP contribution in [0.15, 0.2) is 78.4 Å².